The molecule has 0 radical (unpaired) electrons. The van der Waals surface area contributed by atoms with Crippen LogP contribution in [0, 0.1) is 22.7 Å². The van der Waals surface area contributed by atoms with Crippen molar-refractivity contribution in [1.29, 1.82) is 0 Å². The minimum absolute atomic E-state index is 0.00623. The zero-order valence-corrected chi connectivity index (χ0v) is 46.7. The van der Waals surface area contributed by atoms with Crippen LogP contribution in [0.2, 0.25) is 0 Å². The summed E-state index contributed by atoms with van der Waals surface area (Å²) in [5.74, 6) is 0.865. The van der Waals surface area contributed by atoms with Crippen LogP contribution in [0.25, 0.3) is 0 Å². The molecule has 0 bridgehead atoms. The summed E-state index contributed by atoms with van der Waals surface area (Å²) in [4.78, 5) is 63.3. The summed E-state index contributed by atoms with van der Waals surface area (Å²) in [5.41, 5.74) is 3.56. The molecule has 0 saturated carbocycles. The molecule has 0 unspecified atom stereocenters. The molecule has 6 aliphatic rings. The number of thioether (sulfide) groups is 2. The smallest absolute Gasteiger partial charge is 0.243 e. The number of carbonyl (C=O) groups excluding carboxylic acids is 4. The van der Waals surface area contributed by atoms with E-state index in [1.807, 2.05) is 62.0 Å². The first kappa shape index (κ1) is 54.9. The number of thiocarbonyl (C=S) groups is 2. The highest BCUT2D eigenvalue weighted by molar-refractivity contribution is 8.00. The molecular formula is C54H78N8O6S4. The van der Waals surface area contributed by atoms with Gasteiger partial charge in [-0.25, -0.2) is 0 Å². The van der Waals surface area contributed by atoms with Crippen molar-refractivity contribution < 1.29 is 28.7 Å². The number of unbranched alkanes of at least 4 members (excludes halogenated alkanes) is 1. The van der Waals surface area contributed by atoms with Gasteiger partial charge in [-0.15, -0.1) is 23.5 Å². The van der Waals surface area contributed by atoms with Crippen molar-refractivity contribution in [3.63, 3.8) is 0 Å². The van der Waals surface area contributed by atoms with E-state index in [-0.39, 0.29) is 82.6 Å². The maximum absolute atomic E-state index is 14.7. The first-order valence-electron chi connectivity index (χ1n) is 26.2. The number of carbonyl (C=O) groups is 4. The molecule has 4 heterocycles. The van der Waals surface area contributed by atoms with Crippen molar-refractivity contribution in [3.8, 4) is 0 Å². The second-order valence-corrected chi connectivity index (χ2v) is 25.6. The van der Waals surface area contributed by atoms with E-state index in [2.05, 4.69) is 83.9 Å². The third-order valence-electron chi connectivity index (χ3n) is 16.2. The molecule has 12 atom stereocenters. The molecule has 0 aromatic heterocycles. The molecule has 4 aliphatic heterocycles. The Bertz CT molecular complexity index is 2160. The van der Waals surface area contributed by atoms with Crippen LogP contribution in [0.1, 0.15) is 114 Å². The van der Waals surface area contributed by atoms with E-state index in [1.54, 1.807) is 23.5 Å². The van der Waals surface area contributed by atoms with Gasteiger partial charge in [-0.2, -0.15) is 0 Å². The number of amides is 4. The number of fused-ring (bicyclic) bond motifs is 4. The Morgan fingerprint density at radius 3 is 1.44 bits per heavy atom. The van der Waals surface area contributed by atoms with E-state index in [0.717, 1.165) is 72.3 Å². The molecule has 18 heteroatoms. The number of benzene rings is 2. The number of nitrogens with zero attached hydrogens (tertiary/aromatic N) is 2. The van der Waals surface area contributed by atoms with Crippen molar-refractivity contribution in [3.05, 3.63) is 70.8 Å². The summed E-state index contributed by atoms with van der Waals surface area (Å²) in [6, 6.07) is 14.5. The Balaban J connectivity index is 0.873. The molecular weight excluding hydrogens is 985 g/mol. The third kappa shape index (κ3) is 11.9. The zero-order chi connectivity index (χ0) is 51.5. The Morgan fingerprint density at radius 2 is 1.06 bits per heavy atom. The molecule has 4 fully saturated rings. The van der Waals surface area contributed by atoms with E-state index < -0.39 is 22.9 Å². The van der Waals surface area contributed by atoms with Crippen LogP contribution >= 0.6 is 48.0 Å². The number of hydrogen-bond acceptors (Lipinski definition) is 12. The standard InChI is InChI=1S/C54H78N8O6S4/c1-31(55-7)49(69)57-29-35-19-23-71-41-27-53(3,4)45(61(41)51(35)65)47(63)59-43-37-17-11-9-15-33(37)25-39(43)67-21-13-14-22-68-40-26-34-16-10-12-18-38(34)44(40)60-48(64)46-54(5,6)28-42-62(46)52(66)36(20-24-72-42)30-58-50(70)32(2)56-8/h9-12,15-18,31-32,35-36,39-46,55-56H,13-14,19-30H2,1-8H3,(H,57,69)(H,58,70)(H,59,63)(H,60,64)/t31-,32-,35+,36+,39+,40+,41-,42-,43-,44-,45+,46+/m0/s1. The fourth-order valence-corrected chi connectivity index (χ4v) is 15.5. The summed E-state index contributed by atoms with van der Waals surface area (Å²) >= 11 is 14.7. The maximum Gasteiger partial charge on any atom is 0.243 e. The Morgan fingerprint density at radius 1 is 0.667 bits per heavy atom. The fourth-order valence-electron chi connectivity index (χ4n) is 11.8. The van der Waals surface area contributed by atoms with Crippen LogP contribution < -0.4 is 31.9 Å². The number of nitrogens with one attached hydrogen (secondary N) is 6. The lowest BCUT2D eigenvalue weighted by Gasteiger charge is -2.35. The average Bonchev–Trinajstić information content (AvgIpc) is 4.00. The molecule has 4 saturated heterocycles. The first-order chi connectivity index (χ1) is 34.4. The number of ether oxygens (including phenoxy) is 2. The zero-order valence-electron chi connectivity index (χ0n) is 43.4. The van der Waals surface area contributed by atoms with Crippen LogP contribution in [0.15, 0.2) is 48.5 Å². The van der Waals surface area contributed by atoms with Gasteiger partial charge < -0.3 is 51.2 Å². The number of hydrogen-bond donors (Lipinski definition) is 6. The summed E-state index contributed by atoms with van der Waals surface area (Å²) < 4.78 is 13.3. The number of likely N-dealkylation sites (N-methyl/N-ethyl adjacent to an activating group) is 2. The van der Waals surface area contributed by atoms with Crippen molar-refractivity contribution in [2.75, 3.05) is 51.9 Å². The maximum atomic E-state index is 14.7. The van der Waals surface area contributed by atoms with E-state index in [1.165, 1.54) is 0 Å². The van der Waals surface area contributed by atoms with Gasteiger partial charge in [0.1, 0.15) is 12.1 Å². The summed E-state index contributed by atoms with van der Waals surface area (Å²) in [7, 11) is 3.73. The van der Waals surface area contributed by atoms with Crippen molar-refractivity contribution >= 4 is 81.6 Å². The van der Waals surface area contributed by atoms with Crippen molar-refractivity contribution in [2.45, 2.75) is 152 Å². The summed E-state index contributed by atoms with van der Waals surface area (Å²) in [6.45, 7) is 14.3. The molecule has 2 aromatic carbocycles. The number of rotatable bonds is 19. The largest absolute Gasteiger partial charge is 0.378 e. The van der Waals surface area contributed by atoms with Gasteiger partial charge in [-0.1, -0.05) is 101 Å². The summed E-state index contributed by atoms with van der Waals surface area (Å²) in [5, 5.41) is 19.7. The van der Waals surface area contributed by atoms with Crippen LogP contribution in [0.4, 0.5) is 0 Å². The van der Waals surface area contributed by atoms with Crippen LogP contribution in [0.3, 0.4) is 0 Å². The second-order valence-electron chi connectivity index (χ2n) is 22.1. The Hall–Kier alpha value is -3.36. The van der Waals surface area contributed by atoms with Gasteiger partial charge >= 0.3 is 0 Å². The topological polar surface area (TPSA) is 165 Å². The third-order valence-corrected chi connectivity index (χ3v) is 19.7. The summed E-state index contributed by atoms with van der Waals surface area (Å²) in [6.07, 6.45) is 5.24. The highest BCUT2D eigenvalue weighted by Crippen LogP contribution is 2.49. The lowest BCUT2D eigenvalue weighted by molar-refractivity contribution is -0.144. The highest BCUT2D eigenvalue weighted by atomic mass is 32.2. The lowest BCUT2D eigenvalue weighted by Crippen LogP contribution is -2.55. The minimum Gasteiger partial charge on any atom is -0.378 e. The fraction of sp³-hybridized carbons (Fsp3) is 0.667. The normalized spacial score (nSPS) is 30.0. The minimum atomic E-state index is -0.623. The van der Waals surface area contributed by atoms with Gasteiger partial charge in [0.05, 0.1) is 68.9 Å². The second kappa shape index (κ2) is 23.7. The predicted molar refractivity (Wildman–Crippen MR) is 296 cm³/mol. The molecule has 14 nitrogen and oxygen atoms in total. The van der Waals surface area contributed by atoms with Gasteiger partial charge in [0.25, 0.3) is 0 Å². The van der Waals surface area contributed by atoms with Gasteiger partial charge in [0, 0.05) is 39.1 Å². The molecule has 4 amide bonds. The molecule has 72 heavy (non-hydrogen) atoms. The Kier molecular flexibility index (Phi) is 18.0. The van der Waals surface area contributed by atoms with Crippen molar-refractivity contribution in [1.82, 2.24) is 41.7 Å². The van der Waals surface area contributed by atoms with Crippen LogP contribution in [0.5, 0.6) is 0 Å². The van der Waals surface area contributed by atoms with Crippen molar-refractivity contribution in [2.24, 2.45) is 22.7 Å². The lowest BCUT2D eigenvalue weighted by atomic mass is 9.83. The first-order valence-corrected chi connectivity index (χ1v) is 29.1. The molecule has 8 rings (SSSR count). The Labute approximate surface area is 446 Å². The van der Waals surface area contributed by atoms with Crippen LogP contribution in [-0.4, -0.2) is 142 Å². The monoisotopic (exact) mass is 1060 g/mol. The predicted octanol–water partition coefficient (Wildman–Crippen LogP) is 5.83. The highest BCUT2D eigenvalue weighted by Gasteiger charge is 2.56. The van der Waals surface area contributed by atoms with E-state index in [0.29, 0.717) is 49.1 Å². The van der Waals surface area contributed by atoms with Gasteiger partial charge in [0.15, 0.2) is 0 Å². The van der Waals surface area contributed by atoms with Gasteiger partial charge in [-0.3, -0.25) is 19.2 Å². The van der Waals surface area contributed by atoms with E-state index >= 15 is 0 Å². The molecule has 2 aliphatic carbocycles. The van der Waals surface area contributed by atoms with Crippen LogP contribution in [-0.2, 0) is 41.5 Å². The van der Waals surface area contributed by atoms with E-state index in [9.17, 15) is 19.2 Å². The molecule has 6 N–H and O–H groups in total. The molecule has 0 spiro atoms. The average molecular weight is 1060 g/mol. The van der Waals surface area contributed by atoms with Gasteiger partial charge in [0.2, 0.25) is 23.6 Å². The van der Waals surface area contributed by atoms with E-state index in [4.69, 9.17) is 33.9 Å². The van der Waals surface area contributed by atoms with Gasteiger partial charge in [-0.05, 0) is 111 Å². The molecule has 2 aromatic rings. The molecule has 394 valence electrons. The quantitative estimate of drug-likeness (QED) is 0.0736. The SMILES string of the molecule is CN[C@@H](C)C(=S)NC[C@H]1CCS[C@H]2CC(C)(C)[C@@H](C(=O)N[C@H]3c4ccccc4C[C@H]3OCCCCO[C@@H]3Cc4ccccc4[C@@H]3NC(=O)[C@H]3N4C(=O)[C@@H](CNC(=S)[C@H](C)NC)CCS[C@H]4CC3(C)C)N2C1=O.